The number of fused-ring (bicyclic) bond motifs is 1. The lowest BCUT2D eigenvalue weighted by atomic mass is 10.2. The Morgan fingerprint density at radius 3 is 2.53 bits per heavy atom. The maximum atomic E-state index is 9.76. The summed E-state index contributed by atoms with van der Waals surface area (Å²) in [5.41, 5.74) is 6.00. The van der Waals surface area contributed by atoms with Crippen molar-refractivity contribution in [3.8, 4) is 0 Å². The van der Waals surface area contributed by atoms with Crippen LogP contribution in [0.4, 0.5) is 0 Å². The van der Waals surface area contributed by atoms with Crippen molar-refractivity contribution < 1.29 is 9.90 Å². The molecule has 0 saturated carbocycles. The molecular weight excluding hydrogens is 236 g/mol. The van der Waals surface area contributed by atoms with Gasteiger partial charge in [-0.2, -0.15) is 12.6 Å². The minimum absolute atomic E-state index is 0.190. The maximum Gasteiger partial charge on any atom is 0.321 e. The van der Waals surface area contributed by atoms with E-state index in [9.17, 15) is 4.79 Å². The topological polar surface area (TPSA) is 76.2 Å². The van der Waals surface area contributed by atoms with E-state index in [1.807, 2.05) is 30.5 Å². The van der Waals surface area contributed by atoms with Crippen molar-refractivity contribution in [3.05, 3.63) is 42.6 Å². The zero-order chi connectivity index (χ0) is 12.7. The molecule has 4 nitrogen and oxygen atoms in total. The van der Waals surface area contributed by atoms with Gasteiger partial charge in [-0.15, -0.1) is 0 Å². The standard InChI is InChI=1S/C9H7N.C3H7NO2S/c1-2-6-9-8(4-1)5-3-7-10-9;4-2(1-7)3(5)6/h1-7H;2,7H,1,4H2,(H,5,6)/t;2-/m.0/s1. The van der Waals surface area contributed by atoms with Crippen molar-refractivity contribution in [1.29, 1.82) is 0 Å². The van der Waals surface area contributed by atoms with E-state index in [0.29, 0.717) is 0 Å². The SMILES string of the molecule is N[C@@H](CS)C(=O)O.c1ccc2ncccc2c1. The van der Waals surface area contributed by atoms with Gasteiger partial charge in [-0.05, 0) is 12.1 Å². The fourth-order valence-corrected chi connectivity index (χ4v) is 1.25. The van der Waals surface area contributed by atoms with E-state index >= 15 is 0 Å². The Hall–Kier alpha value is -1.59. The van der Waals surface area contributed by atoms with Crippen molar-refractivity contribution in [2.24, 2.45) is 5.73 Å². The first-order valence-corrected chi connectivity index (χ1v) is 5.67. The third-order valence-corrected chi connectivity index (χ3v) is 2.42. The van der Waals surface area contributed by atoms with Gasteiger partial charge >= 0.3 is 5.97 Å². The molecule has 1 heterocycles. The molecule has 1 aromatic carbocycles. The van der Waals surface area contributed by atoms with E-state index < -0.39 is 12.0 Å². The number of thiol groups is 1. The molecule has 0 aliphatic heterocycles. The molecule has 17 heavy (non-hydrogen) atoms. The first-order valence-electron chi connectivity index (χ1n) is 5.04. The van der Waals surface area contributed by atoms with Gasteiger partial charge in [0, 0.05) is 17.3 Å². The van der Waals surface area contributed by atoms with Crippen molar-refractivity contribution in [1.82, 2.24) is 4.98 Å². The summed E-state index contributed by atoms with van der Waals surface area (Å²) in [5, 5.41) is 9.21. The van der Waals surface area contributed by atoms with Gasteiger partial charge < -0.3 is 10.8 Å². The number of carboxylic acid groups (broad SMARTS) is 1. The monoisotopic (exact) mass is 250 g/mol. The molecule has 2 aromatic rings. The number of carboxylic acids is 1. The van der Waals surface area contributed by atoms with Gasteiger partial charge in [0.05, 0.1) is 5.52 Å². The quantitative estimate of drug-likeness (QED) is 0.707. The van der Waals surface area contributed by atoms with Gasteiger partial charge in [0.1, 0.15) is 6.04 Å². The van der Waals surface area contributed by atoms with Gasteiger partial charge in [-0.3, -0.25) is 9.78 Å². The number of aliphatic carboxylic acids is 1. The minimum atomic E-state index is -1.00. The molecule has 0 amide bonds. The van der Waals surface area contributed by atoms with Crippen molar-refractivity contribution >= 4 is 29.5 Å². The molecule has 5 heteroatoms. The third kappa shape index (κ3) is 4.42. The number of aromatic nitrogens is 1. The van der Waals surface area contributed by atoms with Gasteiger partial charge in [0.2, 0.25) is 0 Å². The van der Waals surface area contributed by atoms with Crippen LogP contribution >= 0.6 is 12.6 Å². The Morgan fingerprint density at radius 2 is 2.00 bits per heavy atom. The zero-order valence-electron chi connectivity index (χ0n) is 9.15. The first kappa shape index (κ1) is 13.5. The van der Waals surface area contributed by atoms with Gasteiger partial charge in [-0.1, -0.05) is 24.3 Å². The molecular formula is C12H14N2O2S. The largest absolute Gasteiger partial charge is 0.480 e. The van der Waals surface area contributed by atoms with Gasteiger partial charge in [0.15, 0.2) is 0 Å². The molecule has 1 atom stereocenters. The summed E-state index contributed by atoms with van der Waals surface area (Å²) < 4.78 is 0. The highest BCUT2D eigenvalue weighted by molar-refractivity contribution is 7.80. The predicted octanol–water partition coefficient (Wildman–Crippen LogP) is 1.56. The minimum Gasteiger partial charge on any atom is -0.480 e. The number of pyridine rings is 1. The van der Waals surface area contributed by atoms with Crippen LogP contribution in [0.5, 0.6) is 0 Å². The summed E-state index contributed by atoms with van der Waals surface area (Å²) in [6, 6.07) is 11.3. The smallest absolute Gasteiger partial charge is 0.321 e. The third-order valence-electron chi connectivity index (χ3n) is 2.03. The summed E-state index contributed by atoms with van der Waals surface area (Å²) in [6.07, 6.45) is 1.81. The summed E-state index contributed by atoms with van der Waals surface area (Å²) in [5.74, 6) is -0.815. The van der Waals surface area contributed by atoms with E-state index in [-0.39, 0.29) is 5.75 Å². The number of para-hydroxylation sites is 1. The molecule has 3 N–H and O–H groups in total. The highest BCUT2D eigenvalue weighted by Gasteiger charge is 2.06. The van der Waals surface area contributed by atoms with Crippen LogP contribution in [0.15, 0.2) is 42.6 Å². The second-order valence-electron chi connectivity index (χ2n) is 3.32. The summed E-state index contributed by atoms with van der Waals surface area (Å²) >= 11 is 3.65. The molecule has 1 aromatic heterocycles. The maximum absolute atomic E-state index is 9.76. The average Bonchev–Trinajstić information content (AvgIpc) is 2.38. The Kier molecular flexibility index (Phi) is 5.45. The zero-order valence-corrected chi connectivity index (χ0v) is 10.0. The Morgan fingerprint density at radius 1 is 1.35 bits per heavy atom. The molecule has 90 valence electrons. The highest BCUT2D eigenvalue weighted by atomic mass is 32.1. The lowest BCUT2D eigenvalue weighted by Crippen LogP contribution is -2.31. The molecule has 0 spiro atoms. The van der Waals surface area contributed by atoms with Crippen LogP contribution in [-0.2, 0) is 4.79 Å². The van der Waals surface area contributed by atoms with Crippen LogP contribution < -0.4 is 5.73 Å². The lowest BCUT2D eigenvalue weighted by molar-refractivity contribution is -0.137. The molecule has 0 aliphatic rings. The van der Waals surface area contributed by atoms with E-state index in [1.54, 1.807) is 0 Å². The number of carbonyl (C=O) groups is 1. The van der Waals surface area contributed by atoms with Gasteiger partial charge in [-0.25, -0.2) is 0 Å². The summed E-state index contributed by atoms with van der Waals surface area (Å²) in [4.78, 5) is 13.9. The fourth-order valence-electron chi connectivity index (χ4n) is 1.09. The second-order valence-corrected chi connectivity index (χ2v) is 3.69. The van der Waals surface area contributed by atoms with Crippen LogP contribution in [0.1, 0.15) is 0 Å². The highest BCUT2D eigenvalue weighted by Crippen LogP contribution is 2.07. The second kappa shape index (κ2) is 6.88. The molecule has 0 fully saturated rings. The van der Waals surface area contributed by atoms with Crippen LogP contribution in [0, 0.1) is 0 Å². The van der Waals surface area contributed by atoms with Crippen molar-refractivity contribution in [2.45, 2.75) is 6.04 Å². The summed E-state index contributed by atoms with van der Waals surface area (Å²) in [6.45, 7) is 0. The Balaban J connectivity index is 0.000000185. The number of nitrogens with two attached hydrogens (primary N) is 1. The number of hydrogen-bond acceptors (Lipinski definition) is 4. The first-order chi connectivity index (χ1) is 8.15. The van der Waals surface area contributed by atoms with Crippen LogP contribution in [0.25, 0.3) is 10.9 Å². The number of rotatable bonds is 2. The van der Waals surface area contributed by atoms with Crippen molar-refractivity contribution in [2.75, 3.05) is 5.75 Å². The van der Waals surface area contributed by atoms with Gasteiger partial charge in [0.25, 0.3) is 0 Å². The number of benzene rings is 1. The average molecular weight is 250 g/mol. The Bertz CT molecular complexity index is 425. The number of hydrogen-bond donors (Lipinski definition) is 3. The molecule has 2 rings (SSSR count). The molecule has 0 radical (unpaired) electrons. The van der Waals surface area contributed by atoms with E-state index in [1.165, 1.54) is 5.39 Å². The Labute approximate surface area is 105 Å². The van der Waals surface area contributed by atoms with Crippen LogP contribution in [0.3, 0.4) is 0 Å². The molecule has 0 bridgehead atoms. The predicted molar refractivity (Wildman–Crippen MR) is 71.2 cm³/mol. The molecule has 0 saturated heterocycles. The van der Waals surface area contributed by atoms with E-state index in [2.05, 4.69) is 29.7 Å². The summed E-state index contributed by atoms with van der Waals surface area (Å²) in [7, 11) is 0. The lowest BCUT2D eigenvalue weighted by Gasteiger charge is -1.96. The van der Waals surface area contributed by atoms with E-state index in [0.717, 1.165) is 5.52 Å². The van der Waals surface area contributed by atoms with Crippen molar-refractivity contribution in [3.63, 3.8) is 0 Å². The van der Waals surface area contributed by atoms with Crippen LogP contribution in [0.2, 0.25) is 0 Å². The van der Waals surface area contributed by atoms with Crippen LogP contribution in [-0.4, -0.2) is 27.9 Å². The normalized spacial score (nSPS) is 11.4. The molecule has 0 aliphatic carbocycles. The number of nitrogens with zero attached hydrogens (tertiary/aromatic N) is 1. The fraction of sp³-hybridized carbons (Fsp3) is 0.167. The molecule has 0 unspecified atom stereocenters. The van der Waals surface area contributed by atoms with E-state index in [4.69, 9.17) is 10.8 Å².